The zero-order chi connectivity index (χ0) is 15.6. The van der Waals surface area contributed by atoms with Crippen LogP contribution in [0.15, 0.2) is 44.7 Å². The number of halogens is 2. The van der Waals surface area contributed by atoms with Crippen LogP contribution >= 0.6 is 31.9 Å². The molecule has 1 aromatic heterocycles. The van der Waals surface area contributed by atoms with Gasteiger partial charge in [-0.1, -0.05) is 15.9 Å². The van der Waals surface area contributed by atoms with Gasteiger partial charge in [-0.3, -0.25) is 0 Å². The molecule has 0 radical (unpaired) electrons. The number of nitrogens with one attached hydrogen (secondary N) is 1. The van der Waals surface area contributed by atoms with E-state index in [1.807, 2.05) is 18.4 Å². The molecule has 1 unspecified atom stereocenters. The number of benzene rings is 1. The molecule has 1 N–H and O–H groups in total. The van der Waals surface area contributed by atoms with E-state index in [4.69, 9.17) is 0 Å². The summed E-state index contributed by atoms with van der Waals surface area (Å²) in [6.07, 6.45) is 5.11. The molecule has 0 aliphatic rings. The van der Waals surface area contributed by atoms with E-state index in [1.54, 1.807) is 30.9 Å². The Kier molecular flexibility index (Phi) is 5.24. The Balaban J connectivity index is 2.20. The smallest absolute Gasteiger partial charge is 0.242 e. The molecule has 1 heterocycles. The van der Waals surface area contributed by atoms with Crippen molar-refractivity contribution in [1.82, 2.24) is 14.3 Å². The van der Waals surface area contributed by atoms with E-state index < -0.39 is 10.0 Å². The van der Waals surface area contributed by atoms with Gasteiger partial charge in [-0.15, -0.1) is 0 Å². The van der Waals surface area contributed by atoms with Crippen LogP contribution in [0.2, 0.25) is 0 Å². The van der Waals surface area contributed by atoms with E-state index >= 15 is 0 Å². The second-order valence-electron chi connectivity index (χ2n) is 4.81. The monoisotopic (exact) mass is 435 g/mol. The van der Waals surface area contributed by atoms with Crippen molar-refractivity contribution in [2.24, 2.45) is 0 Å². The number of hydrogen-bond acceptors (Lipinski definition) is 3. The molecule has 0 spiro atoms. The van der Waals surface area contributed by atoms with Crippen LogP contribution < -0.4 is 4.72 Å². The SMILES string of the molecule is Cc1cc(Br)c(S(=O)(=O)NC(C)Cn2ccnc2)cc1Br. The lowest BCUT2D eigenvalue weighted by molar-refractivity contribution is 0.520. The van der Waals surface area contributed by atoms with Crippen LogP contribution in [0.5, 0.6) is 0 Å². The van der Waals surface area contributed by atoms with Crippen LogP contribution in [0.3, 0.4) is 0 Å². The van der Waals surface area contributed by atoms with Crippen LogP contribution in [-0.4, -0.2) is 24.0 Å². The fraction of sp³-hybridized carbons (Fsp3) is 0.308. The Morgan fingerprint density at radius 3 is 2.67 bits per heavy atom. The molecule has 21 heavy (non-hydrogen) atoms. The number of hydrogen-bond donors (Lipinski definition) is 1. The average molecular weight is 437 g/mol. The summed E-state index contributed by atoms with van der Waals surface area (Å²) in [4.78, 5) is 4.16. The van der Waals surface area contributed by atoms with Gasteiger partial charge < -0.3 is 4.57 Å². The molecule has 1 atom stereocenters. The maximum Gasteiger partial charge on any atom is 0.242 e. The first kappa shape index (κ1) is 16.7. The number of nitrogens with zero attached hydrogens (tertiary/aromatic N) is 2. The van der Waals surface area contributed by atoms with Gasteiger partial charge >= 0.3 is 0 Å². The molecule has 1 aromatic carbocycles. The first-order valence-corrected chi connectivity index (χ1v) is 9.30. The van der Waals surface area contributed by atoms with Crippen molar-refractivity contribution in [3.8, 4) is 0 Å². The number of aromatic nitrogens is 2. The molecule has 0 saturated carbocycles. The third-order valence-electron chi connectivity index (χ3n) is 2.90. The minimum Gasteiger partial charge on any atom is -0.336 e. The third kappa shape index (κ3) is 4.15. The van der Waals surface area contributed by atoms with E-state index in [0.29, 0.717) is 11.0 Å². The molecule has 5 nitrogen and oxygen atoms in total. The van der Waals surface area contributed by atoms with Gasteiger partial charge in [-0.25, -0.2) is 18.1 Å². The molecule has 2 aromatic rings. The van der Waals surface area contributed by atoms with E-state index in [1.165, 1.54) is 0 Å². The summed E-state index contributed by atoms with van der Waals surface area (Å²) in [6.45, 7) is 4.24. The van der Waals surface area contributed by atoms with E-state index in [0.717, 1.165) is 10.0 Å². The molecule has 0 aliphatic carbocycles. The highest BCUT2D eigenvalue weighted by atomic mass is 79.9. The van der Waals surface area contributed by atoms with Crippen LogP contribution in [0, 0.1) is 6.92 Å². The third-order valence-corrected chi connectivity index (χ3v) is 6.31. The van der Waals surface area contributed by atoms with Gasteiger partial charge in [-0.2, -0.15) is 0 Å². The fourth-order valence-electron chi connectivity index (χ4n) is 1.91. The largest absolute Gasteiger partial charge is 0.336 e. The summed E-state index contributed by atoms with van der Waals surface area (Å²) < 4.78 is 30.7. The van der Waals surface area contributed by atoms with Crippen molar-refractivity contribution >= 4 is 41.9 Å². The predicted octanol–water partition coefficient (Wildman–Crippen LogP) is 3.08. The topological polar surface area (TPSA) is 64.0 Å². The fourth-order valence-corrected chi connectivity index (χ4v) is 4.82. The summed E-state index contributed by atoms with van der Waals surface area (Å²) in [5, 5.41) is 0. The minimum atomic E-state index is -3.59. The van der Waals surface area contributed by atoms with Crippen molar-refractivity contribution in [3.63, 3.8) is 0 Å². The first-order chi connectivity index (χ1) is 9.79. The van der Waals surface area contributed by atoms with Gasteiger partial charge in [0.05, 0.1) is 11.2 Å². The summed E-state index contributed by atoms with van der Waals surface area (Å²) in [7, 11) is -3.59. The maximum atomic E-state index is 12.5. The maximum absolute atomic E-state index is 12.5. The second kappa shape index (κ2) is 6.60. The Morgan fingerprint density at radius 1 is 1.33 bits per heavy atom. The Labute approximate surface area is 141 Å². The molecule has 114 valence electrons. The number of sulfonamides is 1. The molecular weight excluding hydrogens is 422 g/mol. The summed E-state index contributed by atoms with van der Waals surface area (Å²) in [5.74, 6) is 0. The van der Waals surface area contributed by atoms with Crippen molar-refractivity contribution in [2.45, 2.75) is 31.3 Å². The standard InChI is InChI=1S/C13H15Br2N3O2S/c1-9-5-12(15)13(6-11(9)14)21(19,20)17-10(2)7-18-4-3-16-8-18/h3-6,8,10,17H,7H2,1-2H3. The highest BCUT2D eigenvalue weighted by Crippen LogP contribution is 2.28. The Bertz CT molecular complexity index is 730. The van der Waals surface area contributed by atoms with Crippen molar-refractivity contribution < 1.29 is 8.42 Å². The van der Waals surface area contributed by atoms with Gasteiger partial charge in [0, 0.05) is 33.9 Å². The number of imidazole rings is 1. The van der Waals surface area contributed by atoms with Crippen LogP contribution in [0.25, 0.3) is 0 Å². The molecule has 0 aliphatic heterocycles. The molecule has 0 amide bonds. The van der Waals surface area contributed by atoms with E-state index in [2.05, 4.69) is 41.6 Å². The number of aryl methyl sites for hydroxylation is 1. The van der Waals surface area contributed by atoms with Gasteiger partial charge in [-0.05, 0) is 47.5 Å². The number of rotatable bonds is 5. The summed E-state index contributed by atoms with van der Waals surface area (Å²) in [6, 6.07) is 3.13. The second-order valence-corrected chi connectivity index (χ2v) is 8.20. The van der Waals surface area contributed by atoms with E-state index in [9.17, 15) is 8.42 Å². The summed E-state index contributed by atoms with van der Waals surface area (Å²) in [5.41, 5.74) is 0.965. The molecule has 0 saturated heterocycles. The molecule has 2 rings (SSSR count). The average Bonchev–Trinajstić information content (AvgIpc) is 2.85. The van der Waals surface area contributed by atoms with Crippen molar-refractivity contribution in [2.75, 3.05) is 0 Å². The van der Waals surface area contributed by atoms with Gasteiger partial charge in [0.2, 0.25) is 10.0 Å². The lowest BCUT2D eigenvalue weighted by Crippen LogP contribution is -2.35. The minimum absolute atomic E-state index is 0.220. The highest BCUT2D eigenvalue weighted by molar-refractivity contribution is 9.11. The van der Waals surface area contributed by atoms with Gasteiger partial charge in [0.1, 0.15) is 0 Å². The predicted molar refractivity (Wildman–Crippen MR) is 88.6 cm³/mol. The Morgan fingerprint density at radius 2 is 2.05 bits per heavy atom. The zero-order valence-electron chi connectivity index (χ0n) is 11.5. The molecule has 8 heteroatoms. The van der Waals surface area contributed by atoms with Crippen LogP contribution in [0.1, 0.15) is 12.5 Å². The van der Waals surface area contributed by atoms with Gasteiger partial charge in [0.25, 0.3) is 0 Å². The summed E-state index contributed by atoms with van der Waals surface area (Å²) >= 11 is 6.67. The van der Waals surface area contributed by atoms with Crippen molar-refractivity contribution in [3.05, 3.63) is 45.4 Å². The Hall–Kier alpha value is -0.700. The highest BCUT2D eigenvalue weighted by Gasteiger charge is 2.21. The lowest BCUT2D eigenvalue weighted by Gasteiger charge is -2.16. The first-order valence-electron chi connectivity index (χ1n) is 6.23. The molecule has 0 fully saturated rings. The quantitative estimate of drug-likeness (QED) is 0.783. The van der Waals surface area contributed by atoms with E-state index in [-0.39, 0.29) is 10.9 Å². The van der Waals surface area contributed by atoms with Crippen LogP contribution in [-0.2, 0) is 16.6 Å². The normalized spacial score (nSPS) is 13.3. The van der Waals surface area contributed by atoms with Crippen LogP contribution in [0.4, 0.5) is 0 Å². The zero-order valence-corrected chi connectivity index (χ0v) is 15.5. The van der Waals surface area contributed by atoms with Gasteiger partial charge in [0.15, 0.2) is 0 Å². The lowest BCUT2D eigenvalue weighted by atomic mass is 10.2. The molecule has 0 bridgehead atoms. The molecular formula is C13H15Br2N3O2S. The van der Waals surface area contributed by atoms with Crippen molar-refractivity contribution in [1.29, 1.82) is 0 Å².